The Bertz CT molecular complexity index is 279. The monoisotopic (exact) mass is 242 g/mol. The van der Waals surface area contributed by atoms with Crippen molar-refractivity contribution in [1.82, 2.24) is 9.80 Å². The number of aliphatic hydroxyl groups is 1. The molecule has 5 nitrogen and oxygen atoms in total. The van der Waals surface area contributed by atoms with E-state index in [2.05, 4.69) is 16.4 Å². The van der Waals surface area contributed by atoms with Crippen LogP contribution in [0.2, 0.25) is 0 Å². The van der Waals surface area contributed by atoms with Gasteiger partial charge in [-0.25, -0.2) is 4.79 Å². The SMILES string of the molecule is C=C(C)C(=O)OC1CN(C)CCN1CCCO. The Kier molecular flexibility index (Phi) is 5.61. The first-order chi connectivity index (χ1) is 8.04. The topological polar surface area (TPSA) is 53.0 Å². The van der Waals surface area contributed by atoms with Crippen LogP contribution in [-0.2, 0) is 9.53 Å². The number of esters is 1. The van der Waals surface area contributed by atoms with E-state index >= 15 is 0 Å². The molecule has 0 spiro atoms. The van der Waals surface area contributed by atoms with Crippen molar-refractivity contribution in [3.05, 3.63) is 12.2 Å². The molecule has 0 aromatic rings. The molecule has 0 saturated carbocycles. The Morgan fingerprint density at radius 1 is 1.53 bits per heavy atom. The van der Waals surface area contributed by atoms with Crippen LogP contribution in [0.3, 0.4) is 0 Å². The molecule has 5 heteroatoms. The molecule has 1 N–H and O–H groups in total. The summed E-state index contributed by atoms with van der Waals surface area (Å²) in [7, 11) is 2.00. The first kappa shape index (κ1) is 14.2. The maximum absolute atomic E-state index is 11.5. The zero-order chi connectivity index (χ0) is 12.8. The zero-order valence-electron chi connectivity index (χ0n) is 10.7. The lowest BCUT2D eigenvalue weighted by Crippen LogP contribution is -2.53. The van der Waals surface area contributed by atoms with Gasteiger partial charge in [0.15, 0.2) is 6.23 Å². The van der Waals surface area contributed by atoms with Gasteiger partial charge in [-0.15, -0.1) is 0 Å². The molecule has 0 amide bonds. The van der Waals surface area contributed by atoms with E-state index in [0.717, 1.165) is 19.6 Å². The van der Waals surface area contributed by atoms with E-state index in [1.54, 1.807) is 6.92 Å². The molecule has 0 aliphatic carbocycles. The van der Waals surface area contributed by atoms with Gasteiger partial charge in [0.25, 0.3) is 0 Å². The highest BCUT2D eigenvalue weighted by Gasteiger charge is 2.27. The van der Waals surface area contributed by atoms with Gasteiger partial charge in [0.1, 0.15) is 0 Å². The lowest BCUT2D eigenvalue weighted by atomic mass is 10.2. The predicted octanol–water partition coefficient (Wildman–Crippen LogP) is 0.0616. The van der Waals surface area contributed by atoms with Crippen LogP contribution >= 0.6 is 0 Å². The van der Waals surface area contributed by atoms with Crippen molar-refractivity contribution < 1.29 is 14.6 Å². The Morgan fingerprint density at radius 2 is 2.24 bits per heavy atom. The van der Waals surface area contributed by atoms with Crippen molar-refractivity contribution in [3.8, 4) is 0 Å². The third-order valence-electron chi connectivity index (χ3n) is 2.84. The molecular formula is C12H22N2O3. The molecule has 0 aromatic carbocycles. The van der Waals surface area contributed by atoms with Gasteiger partial charge in [0.2, 0.25) is 0 Å². The summed E-state index contributed by atoms with van der Waals surface area (Å²) in [5.74, 6) is -0.348. The van der Waals surface area contributed by atoms with Crippen LogP contribution in [0, 0.1) is 0 Å². The second kappa shape index (κ2) is 6.74. The Morgan fingerprint density at radius 3 is 2.82 bits per heavy atom. The highest BCUT2D eigenvalue weighted by Crippen LogP contribution is 2.12. The van der Waals surface area contributed by atoms with Crippen LogP contribution in [-0.4, -0.2) is 66.9 Å². The average molecular weight is 242 g/mol. The van der Waals surface area contributed by atoms with Gasteiger partial charge < -0.3 is 14.7 Å². The molecule has 1 fully saturated rings. The zero-order valence-corrected chi connectivity index (χ0v) is 10.7. The second-order valence-electron chi connectivity index (χ2n) is 4.52. The van der Waals surface area contributed by atoms with Crippen molar-refractivity contribution in [3.63, 3.8) is 0 Å². The summed E-state index contributed by atoms with van der Waals surface area (Å²) in [6.07, 6.45) is 0.467. The summed E-state index contributed by atoms with van der Waals surface area (Å²) < 4.78 is 5.40. The summed E-state index contributed by atoms with van der Waals surface area (Å²) in [5, 5.41) is 8.85. The minimum absolute atomic E-state index is 0.160. The van der Waals surface area contributed by atoms with E-state index in [1.165, 1.54) is 0 Å². The van der Waals surface area contributed by atoms with E-state index in [1.807, 2.05) is 7.05 Å². The van der Waals surface area contributed by atoms with Crippen molar-refractivity contribution >= 4 is 5.97 Å². The number of carbonyl (C=O) groups is 1. The van der Waals surface area contributed by atoms with E-state index < -0.39 is 0 Å². The third-order valence-corrected chi connectivity index (χ3v) is 2.84. The molecule has 1 aliphatic rings. The van der Waals surface area contributed by atoms with Crippen LogP contribution in [0.25, 0.3) is 0 Å². The predicted molar refractivity (Wildman–Crippen MR) is 65.5 cm³/mol. The van der Waals surface area contributed by atoms with Gasteiger partial charge in [0.05, 0.1) is 0 Å². The smallest absolute Gasteiger partial charge is 0.334 e. The third kappa shape index (κ3) is 4.46. The van der Waals surface area contributed by atoms with E-state index in [9.17, 15) is 4.79 Å². The lowest BCUT2D eigenvalue weighted by molar-refractivity contribution is -0.160. The number of likely N-dealkylation sites (N-methyl/N-ethyl adjacent to an activating group) is 1. The molecule has 1 aliphatic heterocycles. The fourth-order valence-electron chi connectivity index (χ4n) is 1.78. The van der Waals surface area contributed by atoms with Crippen molar-refractivity contribution in [1.29, 1.82) is 0 Å². The van der Waals surface area contributed by atoms with Gasteiger partial charge in [-0.1, -0.05) is 6.58 Å². The number of carbonyl (C=O) groups excluding carboxylic acids is 1. The first-order valence-corrected chi connectivity index (χ1v) is 5.94. The van der Waals surface area contributed by atoms with Gasteiger partial charge in [-0.3, -0.25) is 4.90 Å². The maximum atomic E-state index is 11.5. The van der Waals surface area contributed by atoms with Crippen molar-refractivity contribution in [2.75, 3.05) is 39.8 Å². The van der Waals surface area contributed by atoms with Crippen LogP contribution in [0.4, 0.5) is 0 Å². The number of hydrogen-bond acceptors (Lipinski definition) is 5. The number of ether oxygens (including phenoxy) is 1. The second-order valence-corrected chi connectivity index (χ2v) is 4.52. The molecule has 0 aromatic heterocycles. The number of hydrogen-bond donors (Lipinski definition) is 1. The normalized spacial score (nSPS) is 22.4. The van der Waals surface area contributed by atoms with Crippen molar-refractivity contribution in [2.24, 2.45) is 0 Å². The Balaban J connectivity index is 2.54. The fourth-order valence-corrected chi connectivity index (χ4v) is 1.78. The summed E-state index contributed by atoms with van der Waals surface area (Å²) in [4.78, 5) is 15.7. The lowest BCUT2D eigenvalue weighted by Gasteiger charge is -2.39. The molecule has 1 unspecified atom stereocenters. The standard InChI is InChI=1S/C12H22N2O3/c1-10(2)12(16)17-11-9-13(3)6-7-14(11)5-4-8-15/h11,15H,1,4-9H2,2-3H3. The van der Waals surface area contributed by atoms with Crippen LogP contribution < -0.4 is 0 Å². The number of nitrogens with zero attached hydrogens (tertiary/aromatic N) is 2. The summed E-state index contributed by atoms with van der Waals surface area (Å²) >= 11 is 0. The van der Waals surface area contributed by atoms with Crippen LogP contribution in [0.15, 0.2) is 12.2 Å². The van der Waals surface area contributed by atoms with E-state index in [4.69, 9.17) is 9.84 Å². The molecule has 1 rings (SSSR count). The minimum Gasteiger partial charge on any atom is -0.442 e. The fraction of sp³-hybridized carbons (Fsp3) is 0.750. The molecule has 17 heavy (non-hydrogen) atoms. The first-order valence-electron chi connectivity index (χ1n) is 5.94. The molecule has 0 bridgehead atoms. The number of piperazine rings is 1. The molecule has 1 heterocycles. The number of rotatable bonds is 5. The minimum atomic E-state index is -0.348. The van der Waals surface area contributed by atoms with Gasteiger partial charge in [-0.05, 0) is 20.4 Å². The molecule has 1 saturated heterocycles. The molecule has 98 valence electrons. The molecule has 0 radical (unpaired) electrons. The van der Waals surface area contributed by atoms with Gasteiger partial charge in [-0.2, -0.15) is 0 Å². The largest absolute Gasteiger partial charge is 0.442 e. The summed E-state index contributed by atoms with van der Waals surface area (Å²) in [5.41, 5.74) is 0.417. The van der Waals surface area contributed by atoms with Crippen LogP contribution in [0.5, 0.6) is 0 Å². The summed E-state index contributed by atoms with van der Waals surface area (Å²) in [6.45, 7) is 8.64. The summed E-state index contributed by atoms with van der Waals surface area (Å²) in [6, 6.07) is 0. The molecular weight excluding hydrogens is 220 g/mol. The highest BCUT2D eigenvalue weighted by molar-refractivity contribution is 5.87. The van der Waals surface area contributed by atoms with Crippen molar-refractivity contribution in [2.45, 2.75) is 19.6 Å². The Hall–Kier alpha value is -0.910. The molecule has 1 atom stereocenters. The quantitative estimate of drug-likeness (QED) is 0.546. The average Bonchev–Trinajstić information content (AvgIpc) is 2.28. The van der Waals surface area contributed by atoms with Gasteiger partial charge in [0, 0.05) is 38.4 Å². The maximum Gasteiger partial charge on any atom is 0.334 e. The Labute approximate surface area is 103 Å². The van der Waals surface area contributed by atoms with E-state index in [0.29, 0.717) is 18.5 Å². The van der Waals surface area contributed by atoms with E-state index in [-0.39, 0.29) is 18.8 Å². The van der Waals surface area contributed by atoms with Crippen LogP contribution in [0.1, 0.15) is 13.3 Å². The van der Waals surface area contributed by atoms with Gasteiger partial charge >= 0.3 is 5.97 Å². The highest BCUT2D eigenvalue weighted by atomic mass is 16.6. The number of aliphatic hydroxyl groups excluding tert-OH is 1.